The van der Waals surface area contributed by atoms with E-state index >= 15 is 0 Å². The highest BCUT2D eigenvalue weighted by Gasteiger charge is 2.27. The van der Waals surface area contributed by atoms with Crippen LogP contribution in [0, 0.1) is 12.8 Å². The van der Waals surface area contributed by atoms with Crippen molar-refractivity contribution in [3.05, 3.63) is 51.9 Å². The number of aryl methyl sites for hydroxylation is 1. The number of nitrogen functional groups attached to an aromatic ring is 1. The van der Waals surface area contributed by atoms with Crippen molar-refractivity contribution < 1.29 is 4.79 Å². The minimum atomic E-state index is -0.395. The average Bonchev–Trinajstić information content (AvgIpc) is 2.69. The van der Waals surface area contributed by atoms with Crippen LogP contribution in [0.3, 0.4) is 0 Å². The summed E-state index contributed by atoms with van der Waals surface area (Å²) >= 11 is 1.17. The van der Waals surface area contributed by atoms with Crippen molar-refractivity contribution in [2.45, 2.75) is 43.5 Å². The summed E-state index contributed by atoms with van der Waals surface area (Å²) in [5.41, 5.74) is 1.19. The average molecular weight is 388 g/mol. The molecule has 2 heterocycles. The Labute approximate surface area is 162 Å². The molecule has 0 saturated carbocycles. The largest absolute Gasteiger partial charge is 0.342 e. The van der Waals surface area contributed by atoms with E-state index in [9.17, 15) is 9.59 Å². The minimum Gasteiger partial charge on any atom is -0.342 e. The van der Waals surface area contributed by atoms with Crippen LogP contribution in [-0.4, -0.2) is 44.0 Å². The van der Waals surface area contributed by atoms with E-state index in [1.807, 2.05) is 17.9 Å². The van der Waals surface area contributed by atoms with E-state index < -0.39 is 5.56 Å². The Morgan fingerprint density at radius 3 is 2.59 bits per heavy atom. The Balaban J connectivity index is 1.54. The van der Waals surface area contributed by atoms with E-state index in [-0.39, 0.29) is 22.0 Å². The van der Waals surface area contributed by atoms with E-state index in [1.165, 1.54) is 17.3 Å². The van der Waals surface area contributed by atoms with E-state index in [1.54, 1.807) is 6.92 Å². The van der Waals surface area contributed by atoms with Gasteiger partial charge in [0.25, 0.3) is 5.56 Å². The van der Waals surface area contributed by atoms with E-state index in [0.717, 1.165) is 37.0 Å². The standard InChI is InChI=1S/C19H25N5O2S/c1-13-17(25)24(20)19(22-21-13)27-14(2)18(26)23-10-8-16(9-11-23)12-15-6-4-3-5-7-15/h3-7,14,16H,8-12,20H2,1-2H3. The summed E-state index contributed by atoms with van der Waals surface area (Å²) in [5, 5.41) is 7.63. The quantitative estimate of drug-likeness (QED) is 0.619. The van der Waals surface area contributed by atoms with Crippen LogP contribution in [0.25, 0.3) is 0 Å². The molecule has 7 nitrogen and oxygen atoms in total. The molecule has 1 saturated heterocycles. The molecule has 2 N–H and O–H groups in total. The van der Waals surface area contributed by atoms with Crippen LogP contribution in [0.15, 0.2) is 40.3 Å². The van der Waals surface area contributed by atoms with Gasteiger partial charge in [0.05, 0.1) is 5.25 Å². The second kappa shape index (κ2) is 8.56. The lowest BCUT2D eigenvalue weighted by atomic mass is 9.90. The lowest BCUT2D eigenvalue weighted by Crippen LogP contribution is -2.43. The second-order valence-corrected chi connectivity index (χ2v) is 8.27. The normalized spacial score (nSPS) is 16.3. The van der Waals surface area contributed by atoms with Crippen LogP contribution in [-0.2, 0) is 11.2 Å². The fraction of sp³-hybridized carbons (Fsp3) is 0.474. The molecule has 27 heavy (non-hydrogen) atoms. The van der Waals surface area contributed by atoms with E-state index in [2.05, 4.69) is 34.5 Å². The third-order valence-electron chi connectivity index (χ3n) is 4.94. The van der Waals surface area contributed by atoms with Gasteiger partial charge in [-0.3, -0.25) is 9.59 Å². The molecule has 8 heteroatoms. The number of nitrogens with two attached hydrogens (primary N) is 1. The zero-order chi connectivity index (χ0) is 19.4. The van der Waals surface area contributed by atoms with Crippen molar-refractivity contribution in [2.24, 2.45) is 5.92 Å². The number of amides is 1. The van der Waals surface area contributed by atoms with Gasteiger partial charge < -0.3 is 10.7 Å². The first-order valence-corrected chi connectivity index (χ1v) is 10.0. The van der Waals surface area contributed by atoms with Gasteiger partial charge in [0.1, 0.15) is 5.69 Å². The van der Waals surface area contributed by atoms with Gasteiger partial charge in [-0.2, -0.15) is 4.68 Å². The number of carbonyl (C=O) groups excluding carboxylic acids is 1. The fourth-order valence-corrected chi connectivity index (χ4v) is 4.17. The molecule has 0 spiro atoms. The zero-order valence-electron chi connectivity index (χ0n) is 15.7. The summed E-state index contributed by atoms with van der Waals surface area (Å²) in [6.45, 7) is 4.89. The van der Waals surface area contributed by atoms with Crippen LogP contribution in [0.1, 0.15) is 31.0 Å². The summed E-state index contributed by atoms with van der Waals surface area (Å²) in [4.78, 5) is 26.5. The first kappa shape index (κ1) is 19.4. The molecule has 1 aliphatic rings. The van der Waals surface area contributed by atoms with Crippen LogP contribution in [0.2, 0.25) is 0 Å². The number of likely N-dealkylation sites (tertiary alicyclic amines) is 1. The molecule has 0 bridgehead atoms. The Bertz CT molecular complexity index is 847. The lowest BCUT2D eigenvalue weighted by Gasteiger charge is -2.33. The van der Waals surface area contributed by atoms with Crippen LogP contribution >= 0.6 is 11.8 Å². The SMILES string of the molecule is Cc1nnc(SC(C)C(=O)N2CCC(Cc3ccccc3)CC2)n(N)c1=O. The monoisotopic (exact) mass is 387 g/mol. The lowest BCUT2D eigenvalue weighted by molar-refractivity contribution is -0.131. The molecule has 1 fully saturated rings. The number of benzene rings is 1. The Morgan fingerprint density at radius 2 is 1.93 bits per heavy atom. The number of aromatic nitrogens is 3. The number of hydrogen-bond acceptors (Lipinski definition) is 6. The molecule has 1 aromatic heterocycles. The van der Waals surface area contributed by atoms with Gasteiger partial charge in [0.2, 0.25) is 11.1 Å². The van der Waals surface area contributed by atoms with Crippen LogP contribution in [0.4, 0.5) is 0 Å². The molecule has 0 radical (unpaired) electrons. The van der Waals surface area contributed by atoms with Crippen molar-refractivity contribution in [2.75, 3.05) is 18.9 Å². The maximum absolute atomic E-state index is 12.8. The van der Waals surface area contributed by atoms with Crippen molar-refractivity contribution in [1.29, 1.82) is 0 Å². The molecular weight excluding hydrogens is 362 g/mol. The maximum atomic E-state index is 12.8. The van der Waals surface area contributed by atoms with Crippen molar-refractivity contribution in [1.82, 2.24) is 19.8 Å². The molecule has 1 aliphatic heterocycles. The van der Waals surface area contributed by atoms with Gasteiger partial charge in [0, 0.05) is 13.1 Å². The number of thioether (sulfide) groups is 1. The predicted molar refractivity (Wildman–Crippen MR) is 106 cm³/mol. The summed E-state index contributed by atoms with van der Waals surface area (Å²) in [5.74, 6) is 6.41. The Morgan fingerprint density at radius 1 is 1.26 bits per heavy atom. The van der Waals surface area contributed by atoms with Crippen molar-refractivity contribution in [3.63, 3.8) is 0 Å². The Hall–Kier alpha value is -2.35. The second-order valence-electron chi connectivity index (χ2n) is 6.96. The van der Waals surface area contributed by atoms with E-state index in [4.69, 9.17) is 5.84 Å². The molecule has 1 aromatic carbocycles. The Kier molecular flexibility index (Phi) is 6.15. The number of nitrogens with zero attached hydrogens (tertiary/aromatic N) is 4. The highest BCUT2D eigenvalue weighted by atomic mass is 32.2. The number of rotatable bonds is 5. The minimum absolute atomic E-state index is 0.0491. The molecule has 1 atom stereocenters. The number of piperidine rings is 1. The smallest absolute Gasteiger partial charge is 0.294 e. The topological polar surface area (TPSA) is 94.1 Å². The molecular formula is C19H25N5O2S. The third kappa shape index (κ3) is 4.68. The molecule has 144 valence electrons. The third-order valence-corrected chi connectivity index (χ3v) is 5.99. The fourth-order valence-electron chi connectivity index (χ4n) is 3.32. The van der Waals surface area contributed by atoms with Gasteiger partial charge in [0.15, 0.2) is 0 Å². The predicted octanol–water partition coefficient (Wildman–Crippen LogP) is 1.62. The van der Waals surface area contributed by atoms with Gasteiger partial charge >= 0.3 is 0 Å². The van der Waals surface area contributed by atoms with Crippen LogP contribution in [0.5, 0.6) is 0 Å². The van der Waals surface area contributed by atoms with Gasteiger partial charge in [-0.05, 0) is 44.6 Å². The van der Waals surface area contributed by atoms with Crippen molar-refractivity contribution in [3.8, 4) is 0 Å². The van der Waals surface area contributed by atoms with Gasteiger partial charge in [-0.15, -0.1) is 10.2 Å². The highest BCUT2D eigenvalue weighted by molar-refractivity contribution is 8.00. The zero-order valence-corrected chi connectivity index (χ0v) is 16.5. The molecule has 1 amide bonds. The summed E-state index contributed by atoms with van der Waals surface area (Å²) in [6, 6.07) is 10.5. The number of carbonyl (C=O) groups is 1. The summed E-state index contributed by atoms with van der Waals surface area (Å²) < 4.78 is 0.961. The first-order chi connectivity index (χ1) is 13.0. The number of hydrogen-bond donors (Lipinski definition) is 1. The molecule has 2 aromatic rings. The van der Waals surface area contributed by atoms with Gasteiger partial charge in [-0.25, -0.2) is 0 Å². The van der Waals surface area contributed by atoms with Crippen molar-refractivity contribution >= 4 is 17.7 Å². The maximum Gasteiger partial charge on any atom is 0.294 e. The first-order valence-electron chi connectivity index (χ1n) is 9.16. The molecule has 1 unspecified atom stereocenters. The van der Waals surface area contributed by atoms with E-state index in [0.29, 0.717) is 5.92 Å². The summed E-state index contributed by atoms with van der Waals surface area (Å²) in [6.07, 6.45) is 3.07. The van der Waals surface area contributed by atoms with Crippen LogP contribution < -0.4 is 11.4 Å². The molecule has 0 aliphatic carbocycles. The molecule has 3 rings (SSSR count). The van der Waals surface area contributed by atoms with Gasteiger partial charge in [-0.1, -0.05) is 42.1 Å². The summed E-state index contributed by atoms with van der Waals surface area (Å²) in [7, 11) is 0. The highest BCUT2D eigenvalue weighted by Crippen LogP contribution is 2.25.